The minimum absolute atomic E-state index is 0.652. The first-order valence-corrected chi connectivity index (χ1v) is 5.56. The van der Waals surface area contributed by atoms with Gasteiger partial charge in [-0.25, -0.2) is 0 Å². The van der Waals surface area contributed by atoms with Gasteiger partial charge >= 0.3 is 0 Å². The fourth-order valence-electron chi connectivity index (χ4n) is 1.29. The third-order valence-electron chi connectivity index (χ3n) is 2.04. The summed E-state index contributed by atoms with van der Waals surface area (Å²) >= 11 is 1.47. The van der Waals surface area contributed by atoms with Gasteiger partial charge in [0.15, 0.2) is 11.5 Å². The maximum atomic E-state index is 5.60. The molecule has 0 atom stereocenters. The molecule has 1 aromatic carbocycles. The molecule has 2 rings (SSSR count). The van der Waals surface area contributed by atoms with Crippen LogP contribution in [0, 0.1) is 5.38 Å². The van der Waals surface area contributed by atoms with E-state index in [1.165, 1.54) is 11.3 Å². The lowest BCUT2D eigenvalue weighted by Gasteiger charge is -2.09. The van der Waals surface area contributed by atoms with Crippen LogP contribution >= 0.6 is 11.3 Å². The highest BCUT2D eigenvalue weighted by Gasteiger charge is 2.05. The molecule has 0 N–H and O–H groups in total. The largest absolute Gasteiger partial charge is 0.493 e. The zero-order valence-electron chi connectivity index (χ0n) is 9.02. The average Bonchev–Trinajstić information content (AvgIpc) is 2.81. The molecule has 3 nitrogen and oxygen atoms in total. The maximum Gasteiger partial charge on any atom is 0.164 e. The molecule has 0 unspecified atom stereocenters. The second-order valence-corrected chi connectivity index (χ2v) is 3.73. The van der Waals surface area contributed by atoms with Crippen LogP contribution in [-0.4, -0.2) is 14.2 Å². The highest BCUT2D eigenvalue weighted by molar-refractivity contribution is 7.07. The van der Waals surface area contributed by atoms with Crippen molar-refractivity contribution in [1.82, 2.24) is 0 Å². The Hall–Kier alpha value is -1.68. The van der Waals surface area contributed by atoms with Gasteiger partial charge in [-0.3, -0.25) is 0 Å². The molecule has 0 amide bonds. The lowest BCUT2D eigenvalue weighted by molar-refractivity contribution is 0.352. The summed E-state index contributed by atoms with van der Waals surface area (Å²) in [7, 11) is 3.20. The van der Waals surface area contributed by atoms with E-state index >= 15 is 0 Å². The summed E-state index contributed by atoms with van der Waals surface area (Å²) in [6, 6.07) is 7.22. The van der Waals surface area contributed by atoms with Crippen molar-refractivity contribution in [2.75, 3.05) is 14.2 Å². The molecule has 0 fully saturated rings. The van der Waals surface area contributed by atoms with Gasteiger partial charge in [0.1, 0.15) is 11.5 Å². The van der Waals surface area contributed by atoms with Crippen LogP contribution in [0.1, 0.15) is 0 Å². The number of hydrogen-bond acceptors (Lipinski definition) is 4. The van der Waals surface area contributed by atoms with Gasteiger partial charge < -0.3 is 14.2 Å². The highest BCUT2D eigenvalue weighted by atomic mass is 32.1. The topological polar surface area (TPSA) is 27.7 Å². The number of methoxy groups -OCH3 is 2. The first-order valence-electron chi connectivity index (χ1n) is 4.68. The Balaban J connectivity index is 2.22. The lowest BCUT2D eigenvalue weighted by Crippen LogP contribution is -1.91. The molecule has 0 aliphatic heterocycles. The van der Waals surface area contributed by atoms with Crippen molar-refractivity contribution in [2.24, 2.45) is 0 Å². The summed E-state index contributed by atoms with van der Waals surface area (Å²) in [5, 5.41) is 4.85. The SMILES string of the molecule is COc1ccc(Oc2c[c]sc2)cc1OC. The number of thiophene rings is 1. The molecule has 0 aliphatic carbocycles. The Morgan fingerprint density at radius 1 is 1.06 bits per heavy atom. The van der Waals surface area contributed by atoms with Crippen molar-refractivity contribution in [2.45, 2.75) is 0 Å². The fraction of sp³-hybridized carbons (Fsp3) is 0.167. The van der Waals surface area contributed by atoms with Crippen LogP contribution in [0.25, 0.3) is 0 Å². The van der Waals surface area contributed by atoms with E-state index < -0.39 is 0 Å². The Bertz CT molecular complexity index is 451. The molecule has 0 spiro atoms. The van der Waals surface area contributed by atoms with Gasteiger partial charge in [-0.15, -0.1) is 11.3 Å². The molecular weight excluding hydrogens is 224 g/mol. The van der Waals surface area contributed by atoms with Crippen LogP contribution in [0.5, 0.6) is 23.0 Å². The number of hydrogen-bond donors (Lipinski definition) is 0. The second kappa shape index (κ2) is 4.90. The third kappa shape index (κ3) is 2.28. The van der Waals surface area contributed by atoms with Crippen molar-refractivity contribution in [3.8, 4) is 23.0 Å². The first-order chi connectivity index (χ1) is 7.83. The van der Waals surface area contributed by atoms with E-state index in [0.29, 0.717) is 17.2 Å². The summed E-state index contributed by atoms with van der Waals surface area (Å²) in [6.07, 6.45) is 0. The summed E-state index contributed by atoms with van der Waals surface area (Å²) in [4.78, 5) is 0. The van der Waals surface area contributed by atoms with E-state index in [-0.39, 0.29) is 0 Å². The Labute approximate surface area is 98.2 Å². The molecule has 0 saturated heterocycles. The van der Waals surface area contributed by atoms with Crippen LogP contribution in [0.4, 0.5) is 0 Å². The van der Waals surface area contributed by atoms with Crippen LogP contribution in [-0.2, 0) is 0 Å². The smallest absolute Gasteiger partial charge is 0.164 e. The minimum Gasteiger partial charge on any atom is -0.493 e. The van der Waals surface area contributed by atoms with Gasteiger partial charge in [-0.05, 0) is 12.1 Å². The van der Waals surface area contributed by atoms with Gasteiger partial charge in [0.2, 0.25) is 0 Å². The molecule has 0 aliphatic rings. The fourth-order valence-corrected chi connectivity index (χ4v) is 1.77. The maximum absolute atomic E-state index is 5.60. The van der Waals surface area contributed by atoms with E-state index in [0.717, 1.165) is 5.75 Å². The zero-order valence-corrected chi connectivity index (χ0v) is 9.84. The number of ether oxygens (including phenoxy) is 3. The molecule has 1 heterocycles. The van der Waals surface area contributed by atoms with Crippen molar-refractivity contribution in [3.63, 3.8) is 0 Å². The minimum atomic E-state index is 0.652. The predicted molar refractivity (Wildman–Crippen MR) is 62.8 cm³/mol. The molecule has 0 saturated carbocycles. The standard InChI is InChI=1S/C12H11O3S/c1-13-11-4-3-9(7-12(11)14-2)15-10-5-6-16-8-10/h3-5,7-8H,1-2H3. The Morgan fingerprint density at radius 3 is 2.50 bits per heavy atom. The summed E-state index contributed by atoms with van der Waals surface area (Å²) in [5.74, 6) is 2.83. The Kier molecular flexibility index (Phi) is 3.31. The Morgan fingerprint density at radius 2 is 1.88 bits per heavy atom. The first kappa shape index (κ1) is 10.8. The molecule has 83 valence electrons. The molecular formula is C12H11O3S. The average molecular weight is 235 g/mol. The molecule has 4 heteroatoms. The van der Waals surface area contributed by atoms with Crippen molar-refractivity contribution < 1.29 is 14.2 Å². The van der Waals surface area contributed by atoms with Crippen LogP contribution < -0.4 is 14.2 Å². The lowest BCUT2D eigenvalue weighted by atomic mass is 10.3. The monoisotopic (exact) mass is 235 g/mol. The highest BCUT2D eigenvalue weighted by Crippen LogP contribution is 2.33. The van der Waals surface area contributed by atoms with Crippen LogP contribution in [0.2, 0.25) is 0 Å². The molecule has 0 bridgehead atoms. The van der Waals surface area contributed by atoms with Crippen molar-refractivity contribution >= 4 is 11.3 Å². The van der Waals surface area contributed by atoms with Crippen molar-refractivity contribution in [3.05, 3.63) is 35.0 Å². The van der Waals surface area contributed by atoms with E-state index in [1.54, 1.807) is 26.4 Å². The van der Waals surface area contributed by atoms with E-state index in [1.807, 2.05) is 17.5 Å². The van der Waals surface area contributed by atoms with E-state index in [9.17, 15) is 0 Å². The van der Waals surface area contributed by atoms with Gasteiger partial charge in [-0.2, -0.15) is 0 Å². The predicted octanol–water partition coefficient (Wildman–Crippen LogP) is 3.36. The van der Waals surface area contributed by atoms with Crippen LogP contribution in [0.15, 0.2) is 29.6 Å². The quantitative estimate of drug-likeness (QED) is 0.813. The van der Waals surface area contributed by atoms with Gasteiger partial charge in [0.05, 0.1) is 14.2 Å². The van der Waals surface area contributed by atoms with E-state index in [4.69, 9.17) is 14.2 Å². The van der Waals surface area contributed by atoms with Crippen LogP contribution in [0.3, 0.4) is 0 Å². The normalized spacial score (nSPS) is 9.88. The summed E-state index contributed by atoms with van der Waals surface area (Å²) < 4.78 is 15.9. The summed E-state index contributed by atoms with van der Waals surface area (Å²) in [6.45, 7) is 0. The zero-order chi connectivity index (χ0) is 11.4. The molecule has 1 radical (unpaired) electrons. The number of rotatable bonds is 4. The second-order valence-electron chi connectivity index (χ2n) is 3.02. The molecule has 1 aromatic heterocycles. The van der Waals surface area contributed by atoms with Gasteiger partial charge in [0.25, 0.3) is 0 Å². The van der Waals surface area contributed by atoms with Gasteiger partial charge in [-0.1, -0.05) is 0 Å². The van der Waals surface area contributed by atoms with Gasteiger partial charge in [0, 0.05) is 22.9 Å². The molecule has 2 aromatic rings. The number of benzene rings is 1. The molecule has 16 heavy (non-hydrogen) atoms. The third-order valence-corrected chi connectivity index (χ3v) is 2.64. The van der Waals surface area contributed by atoms with E-state index in [2.05, 4.69) is 5.38 Å². The van der Waals surface area contributed by atoms with Crippen molar-refractivity contribution in [1.29, 1.82) is 0 Å². The summed E-state index contributed by atoms with van der Waals surface area (Å²) in [5.41, 5.74) is 0.